The van der Waals surface area contributed by atoms with Gasteiger partial charge in [-0.15, -0.1) is 0 Å². The van der Waals surface area contributed by atoms with Gasteiger partial charge in [-0.1, -0.05) is 6.42 Å². The number of aromatic nitrogens is 2. The lowest BCUT2D eigenvalue weighted by atomic mass is 10.1. The van der Waals surface area contributed by atoms with Crippen LogP contribution >= 0.6 is 0 Å². The van der Waals surface area contributed by atoms with E-state index in [9.17, 15) is 14.4 Å². The van der Waals surface area contributed by atoms with Crippen molar-refractivity contribution in [1.29, 1.82) is 0 Å². The molecule has 0 amide bonds. The first-order chi connectivity index (χ1) is 14.1. The van der Waals surface area contributed by atoms with Crippen molar-refractivity contribution in [3.63, 3.8) is 0 Å². The fourth-order valence-electron chi connectivity index (χ4n) is 3.49. The number of ether oxygens (including phenoxy) is 2. The molecule has 0 bridgehead atoms. The molecule has 1 aliphatic heterocycles. The zero-order valence-electron chi connectivity index (χ0n) is 16.0. The smallest absolute Gasteiger partial charge is 0.343 e. The number of methoxy groups -OCH3 is 1. The van der Waals surface area contributed by atoms with Crippen molar-refractivity contribution in [1.82, 2.24) is 9.55 Å². The Balaban J connectivity index is 1.61. The third-order valence-corrected chi connectivity index (χ3v) is 5.04. The lowest BCUT2D eigenvalue weighted by molar-refractivity contribution is 0.0600. The molecule has 3 aromatic rings. The Morgan fingerprint density at radius 3 is 2.48 bits per heavy atom. The Kier molecular flexibility index (Phi) is 5.12. The van der Waals surface area contributed by atoms with Gasteiger partial charge in [-0.3, -0.25) is 9.36 Å². The summed E-state index contributed by atoms with van der Waals surface area (Å²) in [5.41, 5.74) is 1.10. The minimum absolute atomic E-state index is 0.0646. The van der Waals surface area contributed by atoms with Gasteiger partial charge in [0.2, 0.25) is 0 Å². The average molecular weight is 392 g/mol. The van der Waals surface area contributed by atoms with Gasteiger partial charge < -0.3 is 9.47 Å². The molecule has 0 aliphatic carbocycles. The van der Waals surface area contributed by atoms with Crippen LogP contribution < -0.4 is 10.3 Å². The molecule has 0 radical (unpaired) electrons. The van der Waals surface area contributed by atoms with Gasteiger partial charge in [-0.05, 0) is 55.3 Å². The normalized spacial score (nSPS) is 13.4. The van der Waals surface area contributed by atoms with Crippen molar-refractivity contribution < 1.29 is 19.1 Å². The van der Waals surface area contributed by atoms with Crippen molar-refractivity contribution in [2.45, 2.75) is 32.2 Å². The Labute approximate surface area is 166 Å². The number of benzene rings is 2. The number of rotatable bonds is 3. The molecule has 7 nitrogen and oxygen atoms in total. The Bertz CT molecular complexity index is 1150. The van der Waals surface area contributed by atoms with Gasteiger partial charge >= 0.3 is 11.9 Å². The second-order valence-corrected chi connectivity index (χ2v) is 6.93. The minimum Gasteiger partial charge on any atom is -0.465 e. The summed E-state index contributed by atoms with van der Waals surface area (Å²) >= 11 is 0. The van der Waals surface area contributed by atoms with Crippen molar-refractivity contribution in [2.75, 3.05) is 7.11 Å². The summed E-state index contributed by atoms with van der Waals surface area (Å²) in [5.74, 6) is 0.0464. The number of hydrogen-bond acceptors (Lipinski definition) is 6. The van der Waals surface area contributed by atoms with Gasteiger partial charge in [0.15, 0.2) is 0 Å². The lowest BCUT2D eigenvalue weighted by Crippen LogP contribution is -2.24. The van der Waals surface area contributed by atoms with Crippen LogP contribution in [0.15, 0.2) is 47.3 Å². The first-order valence-corrected chi connectivity index (χ1v) is 9.51. The van der Waals surface area contributed by atoms with Gasteiger partial charge in [0, 0.05) is 13.0 Å². The van der Waals surface area contributed by atoms with Gasteiger partial charge in [0.1, 0.15) is 11.6 Å². The standard InChI is InChI=1S/C22H20N2O5/c1-28-21(26)14-6-9-16(10-7-14)29-22(27)15-8-11-17-18(13-15)23-19-5-3-2-4-12-24(19)20(17)25/h6-11,13H,2-5,12H2,1H3. The largest absolute Gasteiger partial charge is 0.465 e. The van der Waals surface area contributed by atoms with E-state index < -0.39 is 11.9 Å². The van der Waals surface area contributed by atoms with Crippen molar-refractivity contribution in [2.24, 2.45) is 0 Å². The van der Waals surface area contributed by atoms with Crippen molar-refractivity contribution >= 4 is 22.8 Å². The highest BCUT2D eigenvalue weighted by atomic mass is 16.5. The quantitative estimate of drug-likeness (QED) is 0.503. The molecule has 0 atom stereocenters. The molecule has 29 heavy (non-hydrogen) atoms. The Hall–Kier alpha value is -3.48. The number of hydrogen-bond donors (Lipinski definition) is 0. The Morgan fingerprint density at radius 2 is 1.72 bits per heavy atom. The molecule has 0 saturated heterocycles. The molecule has 0 fully saturated rings. The molecule has 2 heterocycles. The van der Waals surface area contributed by atoms with Crippen LogP contribution in [0.2, 0.25) is 0 Å². The van der Waals surface area contributed by atoms with E-state index >= 15 is 0 Å². The Morgan fingerprint density at radius 1 is 0.966 bits per heavy atom. The van der Waals surface area contributed by atoms with Crippen LogP contribution in [0.5, 0.6) is 5.75 Å². The lowest BCUT2D eigenvalue weighted by Gasteiger charge is -2.11. The third-order valence-electron chi connectivity index (χ3n) is 5.04. The van der Waals surface area contributed by atoms with E-state index in [2.05, 4.69) is 9.72 Å². The molecular formula is C22H20N2O5. The highest BCUT2D eigenvalue weighted by Crippen LogP contribution is 2.19. The van der Waals surface area contributed by atoms with E-state index in [0.717, 1.165) is 31.5 Å². The number of carbonyl (C=O) groups excluding carboxylic acids is 2. The van der Waals surface area contributed by atoms with Gasteiger partial charge in [-0.25, -0.2) is 14.6 Å². The molecule has 0 spiro atoms. The fourth-order valence-corrected chi connectivity index (χ4v) is 3.49. The van der Waals surface area contributed by atoms with Crippen LogP contribution in [0.1, 0.15) is 45.8 Å². The second-order valence-electron chi connectivity index (χ2n) is 6.93. The number of carbonyl (C=O) groups is 2. The van der Waals surface area contributed by atoms with Crippen LogP contribution in [0, 0.1) is 0 Å². The SMILES string of the molecule is COC(=O)c1ccc(OC(=O)c2ccc3c(=O)n4c(nc3c2)CCCCC4)cc1. The minimum atomic E-state index is -0.561. The molecule has 0 N–H and O–H groups in total. The van der Waals surface area contributed by atoms with E-state index in [1.54, 1.807) is 22.8 Å². The maximum Gasteiger partial charge on any atom is 0.343 e. The molecule has 1 aromatic heterocycles. The third kappa shape index (κ3) is 3.76. The van der Waals surface area contributed by atoms with E-state index in [1.807, 2.05) is 0 Å². The topological polar surface area (TPSA) is 87.5 Å². The van der Waals surface area contributed by atoms with E-state index in [0.29, 0.717) is 34.3 Å². The molecule has 2 aromatic carbocycles. The van der Waals surface area contributed by atoms with Crippen LogP contribution in [-0.4, -0.2) is 28.6 Å². The summed E-state index contributed by atoms with van der Waals surface area (Å²) in [5, 5.41) is 0.495. The van der Waals surface area contributed by atoms with Crippen LogP contribution in [0.3, 0.4) is 0 Å². The van der Waals surface area contributed by atoms with Crippen LogP contribution in [-0.2, 0) is 17.7 Å². The summed E-state index contributed by atoms with van der Waals surface area (Å²) < 4.78 is 11.8. The molecule has 0 unspecified atom stereocenters. The monoisotopic (exact) mass is 392 g/mol. The summed E-state index contributed by atoms with van der Waals surface area (Å²) in [7, 11) is 1.30. The predicted octanol–water partition coefficient (Wildman–Crippen LogP) is 3.13. The highest BCUT2D eigenvalue weighted by Gasteiger charge is 2.16. The van der Waals surface area contributed by atoms with Crippen LogP contribution in [0.25, 0.3) is 10.9 Å². The van der Waals surface area contributed by atoms with Gasteiger partial charge in [0.05, 0.1) is 29.1 Å². The first kappa shape index (κ1) is 18.9. The molecule has 1 aliphatic rings. The van der Waals surface area contributed by atoms with Gasteiger partial charge in [0.25, 0.3) is 5.56 Å². The zero-order valence-corrected chi connectivity index (χ0v) is 16.0. The number of aryl methyl sites for hydroxylation is 1. The molecule has 148 valence electrons. The molecule has 4 rings (SSSR count). The van der Waals surface area contributed by atoms with E-state index in [-0.39, 0.29) is 5.56 Å². The highest BCUT2D eigenvalue weighted by molar-refractivity contribution is 5.95. The zero-order chi connectivity index (χ0) is 20.4. The van der Waals surface area contributed by atoms with Crippen molar-refractivity contribution in [3.05, 3.63) is 69.8 Å². The predicted molar refractivity (Wildman–Crippen MR) is 106 cm³/mol. The number of esters is 2. The summed E-state index contributed by atoms with van der Waals surface area (Å²) in [6, 6.07) is 10.9. The number of fused-ring (bicyclic) bond motifs is 2. The molecule has 7 heteroatoms. The average Bonchev–Trinajstić information content (AvgIpc) is 2.99. The van der Waals surface area contributed by atoms with E-state index in [1.165, 1.54) is 31.4 Å². The molecule has 0 saturated carbocycles. The molecular weight excluding hydrogens is 372 g/mol. The summed E-state index contributed by atoms with van der Waals surface area (Å²) in [6.45, 7) is 0.683. The number of nitrogens with zero attached hydrogens (tertiary/aromatic N) is 2. The maximum atomic E-state index is 12.8. The van der Waals surface area contributed by atoms with Gasteiger partial charge in [-0.2, -0.15) is 0 Å². The second kappa shape index (κ2) is 7.87. The van der Waals surface area contributed by atoms with E-state index in [4.69, 9.17) is 4.74 Å². The fraction of sp³-hybridized carbons (Fsp3) is 0.273. The van der Waals surface area contributed by atoms with Crippen LogP contribution in [0.4, 0.5) is 0 Å². The summed E-state index contributed by atoms with van der Waals surface area (Å²) in [4.78, 5) is 41.4. The first-order valence-electron chi connectivity index (χ1n) is 9.51. The van der Waals surface area contributed by atoms with Crippen molar-refractivity contribution in [3.8, 4) is 5.75 Å². The maximum absolute atomic E-state index is 12.8. The summed E-state index contributed by atoms with van der Waals surface area (Å²) in [6.07, 6.45) is 3.80.